The van der Waals surface area contributed by atoms with E-state index in [1.165, 1.54) is 57.8 Å². The summed E-state index contributed by atoms with van der Waals surface area (Å²) >= 11 is 0. The Morgan fingerprint density at radius 2 is 1.50 bits per heavy atom. The summed E-state index contributed by atoms with van der Waals surface area (Å²) in [6.45, 7) is 10.2. The molecule has 5 nitrogen and oxygen atoms in total. The third-order valence-corrected chi connectivity index (χ3v) is 13.6. The molecule has 42 heavy (non-hydrogen) atoms. The largest absolute Gasteiger partial charge is 0.393 e. The molecule has 4 aliphatic rings. The Hall–Kier alpha value is -0.650. The van der Waals surface area contributed by atoms with Gasteiger partial charge in [0.25, 0.3) is 0 Å². The van der Waals surface area contributed by atoms with E-state index in [1.54, 1.807) is 0 Å². The molecule has 0 radical (unpaired) electrons. The van der Waals surface area contributed by atoms with Crippen LogP contribution in [0.2, 0.25) is 0 Å². The molecule has 0 bridgehead atoms. The van der Waals surface area contributed by atoms with E-state index in [-0.39, 0.29) is 41.0 Å². The molecule has 5 heteroatoms. The van der Waals surface area contributed by atoms with Gasteiger partial charge >= 0.3 is 0 Å². The normalized spacial score (nSPS) is 40.2. The zero-order valence-electron chi connectivity index (χ0n) is 28.0. The molecule has 4 rings (SSSR count). The number of fused-ring (bicyclic) bond motifs is 5. The average molecular weight is 590 g/mol. The Morgan fingerprint density at radius 3 is 2.17 bits per heavy atom. The zero-order valence-corrected chi connectivity index (χ0v) is 28.0. The predicted octanol–water partition coefficient (Wildman–Crippen LogP) is 7.74. The summed E-state index contributed by atoms with van der Waals surface area (Å²) < 4.78 is 0. The number of hydrogen-bond donors (Lipinski definition) is 3. The highest BCUT2D eigenvalue weighted by molar-refractivity contribution is 5.75. The maximum absolute atomic E-state index is 13.0. The van der Waals surface area contributed by atoms with Crippen molar-refractivity contribution in [1.82, 2.24) is 4.90 Å². The Bertz CT molecular complexity index is 850. The number of aliphatic hydroxyl groups excluding tert-OH is 3. The van der Waals surface area contributed by atoms with Crippen molar-refractivity contribution in [1.29, 1.82) is 0 Å². The number of rotatable bonds is 15. The van der Waals surface area contributed by atoms with Gasteiger partial charge in [-0.3, -0.25) is 4.79 Å². The molecule has 3 N–H and O–H groups in total. The third-order valence-electron chi connectivity index (χ3n) is 13.6. The van der Waals surface area contributed by atoms with Gasteiger partial charge in [-0.2, -0.15) is 0 Å². The number of amides is 1. The maximum Gasteiger partial charge on any atom is 0.222 e. The van der Waals surface area contributed by atoms with Crippen molar-refractivity contribution in [3.8, 4) is 0 Å². The maximum atomic E-state index is 13.0. The molecule has 0 aliphatic heterocycles. The molecule has 0 heterocycles. The topological polar surface area (TPSA) is 81.0 Å². The highest BCUT2D eigenvalue weighted by Gasteiger charge is 2.65. The highest BCUT2D eigenvalue weighted by atomic mass is 16.3. The van der Waals surface area contributed by atoms with Crippen molar-refractivity contribution in [3.05, 3.63) is 0 Å². The molecule has 4 aliphatic carbocycles. The first kappa shape index (κ1) is 34.2. The number of carbonyl (C=O) groups is 1. The van der Waals surface area contributed by atoms with E-state index in [2.05, 4.69) is 27.7 Å². The highest BCUT2D eigenvalue weighted by Crippen LogP contribution is 2.68. The van der Waals surface area contributed by atoms with Gasteiger partial charge in [0, 0.05) is 20.0 Å². The molecule has 0 aromatic carbocycles. The van der Waals surface area contributed by atoms with Crippen LogP contribution in [0.5, 0.6) is 0 Å². The molecule has 1 amide bonds. The first-order chi connectivity index (χ1) is 20.0. The molecular weight excluding hydrogens is 522 g/mol. The lowest BCUT2D eigenvalue weighted by atomic mass is 9.43. The van der Waals surface area contributed by atoms with E-state index in [0.29, 0.717) is 36.0 Å². The van der Waals surface area contributed by atoms with Gasteiger partial charge in [0.05, 0.1) is 18.3 Å². The van der Waals surface area contributed by atoms with Gasteiger partial charge in [0.2, 0.25) is 5.91 Å². The minimum absolute atomic E-state index is 0.111. The van der Waals surface area contributed by atoms with Crippen molar-refractivity contribution < 1.29 is 20.1 Å². The number of unbranched alkanes of at least 4 members (excludes halogenated alkanes) is 9. The van der Waals surface area contributed by atoms with Crippen molar-refractivity contribution in [2.24, 2.45) is 46.3 Å². The lowest BCUT2D eigenvalue weighted by Crippen LogP contribution is -2.62. The van der Waals surface area contributed by atoms with E-state index < -0.39 is 0 Å². The molecule has 11 atom stereocenters. The molecule has 4 saturated carbocycles. The van der Waals surface area contributed by atoms with Crippen LogP contribution in [0.1, 0.15) is 150 Å². The summed E-state index contributed by atoms with van der Waals surface area (Å²) in [5.74, 6) is 2.33. The van der Waals surface area contributed by atoms with Gasteiger partial charge in [0.1, 0.15) is 0 Å². The van der Waals surface area contributed by atoms with Crippen LogP contribution in [0.4, 0.5) is 0 Å². The molecule has 0 spiro atoms. The van der Waals surface area contributed by atoms with E-state index in [4.69, 9.17) is 0 Å². The summed E-state index contributed by atoms with van der Waals surface area (Å²) in [6, 6.07) is 0. The van der Waals surface area contributed by atoms with Crippen LogP contribution in [0, 0.1) is 46.3 Å². The Morgan fingerprint density at radius 1 is 0.857 bits per heavy atom. The van der Waals surface area contributed by atoms with Crippen molar-refractivity contribution in [2.75, 3.05) is 13.6 Å². The fourth-order valence-electron chi connectivity index (χ4n) is 10.8. The lowest BCUT2D eigenvalue weighted by Gasteiger charge is -2.63. The van der Waals surface area contributed by atoms with Crippen LogP contribution in [0.15, 0.2) is 0 Å². The molecular formula is C37H67NO4. The molecule has 0 unspecified atom stereocenters. The van der Waals surface area contributed by atoms with Crippen LogP contribution >= 0.6 is 0 Å². The number of nitrogens with zero attached hydrogens (tertiary/aromatic N) is 1. The van der Waals surface area contributed by atoms with Gasteiger partial charge in [-0.1, -0.05) is 85.5 Å². The number of aliphatic hydroxyl groups is 3. The van der Waals surface area contributed by atoms with Gasteiger partial charge < -0.3 is 20.2 Å². The second kappa shape index (κ2) is 15.1. The first-order valence-corrected chi connectivity index (χ1v) is 18.3. The van der Waals surface area contributed by atoms with Gasteiger partial charge in [-0.15, -0.1) is 0 Å². The standard InChI is InChI=1S/C37H67NO4/c1-6-7-8-9-10-11-12-13-14-15-22-38(5)34(42)19-16-26(2)29-17-18-30-35-31(25-33(41)37(29,30)4)36(3)21-20-28(39)23-27(36)24-32(35)40/h26-33,35,39-41H,6-25H2,1-5H3/t26-,27+,28-,29-,30+,31+,32-,33+,35+,36+,37-/m1/s1. The summed E-state index contributed by atoms with van der Waals surface area (Å²) in [7, 11) is 1.97. The van der Waals surface area contributed by atoms with Gasteiger partial charge in [-0.05, 0) is 104 Å². The van der Waals surface area contributed by atoms with E-state index in [0.717, 1.165) is 64.3 Å². The van der Waals surface area contributed by atoms with Crippen LogP contribution in [-0.2, 0) is 4.79 Å². The van der Waals surface area contributed by atoms with Crippen LogP contribution in [-0.4, -0.2) is 58.0 Å². The van der Waals surface area contributed by atoms with Gasteiger partial charge in [-0.25, -0.2) is 0 Å². The lowest BCUT2D eigenvalue weighted by molar-refractivity contribution is -0.207. The molecule has 4 fully saturated rings. The Kier molecular flexibility index (Phi) is 12.3. The molecule has 0 saturated heterocycles. The van der Waals surface area contributed by atoms with E-state index in [1.807, 2.05) is 11.9 Å². The minimum atomic E-state index is -0.358. The molecule has 0 aromatic heterocycles. The molecule has 244 valence electrons. The molecule has 0 aromatic rings. The monoisotopic (exact) mass is 590 g/mol. The van der Waals surface area contributed by atoms with Crippen molar-refractivity contribution in [2.45, 2.75) is 168 Å². The minimum Gasteiger partial charge on any atom is -0.393 e. The summed E-state index contributed by atoms with van der Waals surface area (Å²) in [4.78, 5) is 15.0. The Balaban J connectivity index is 1.23. The average Bonchev–Trinajstić information content (AvgIpc) is 3.32. The van der Waals surface area contributed by atoms with Crippen molar-refractivity contribution in [3.63, 3.8) is 0 Å². The van der Waals surface area contributed by atoms with E-state index >= 15 is 0 Å². The first-order valence-electron chi connectivity index (χ1n) is 18.3. The fourth-order valence-corrected chi connectivity index (χ4v) is 10.8. The second-order valence-corrected chi connectivity index (χ2v) is 16.0. The number of carbonyl (C=O) groups excluding carboxylic acids is 1. The predicted molar refractivity (Wildman–Crippen MR) is 172 cm³/mol. The van der Waals surface area contributed by atoms with Crippen molar-refractivity contribution >= 4 is 5.91 Å². The second-order valence-electron chi connectivity index (χ2n) is 16.0. The van der Waals surface area contributed by atoms with Crippen LogP contribution < -0.4 is 0 Å². The van der Waals surface area contributed by atoms with Crippen LogP contribution in [0.25, 0.3) is 0 Å². The SMILES string of the molecule is CCCCCCCCCCCCN(C)C(=O)CC[C@@H](C)[C@H]1CC[C@H]2[C@@H]3[C@H](O)C[C@@H]4C[C@H](O)CC[C@]4(C)[C@H]3C[C@H](O)[C@]12C. The Labute approximate surface area is 258 Å². The quantitative estimate of drug-likeness (QED) is 0.171. The summed E-state index contributed by atoms with van der Waals surface area (Å²) in [5, 5.41) is 33.7. The van der Waals surface area contributed by atoms with Gasteiger partial charge in [0.15, 0.2) is 0 Å². The zero-order chi connectivity index (χ0) is 30.5. The van der Waals surface area contributed by atoms with Crippen LogP contribution in [0.3, 0.4) is 0 Å². The summed E-state index contributed by atoms with van der Waals surface area (Å²) in [5.41, 5.74) is -0.0791. The summed E-state index contributed by atoms with van der Waals surface area (Å²) in [6.07, 6.45) is 20.1. The smallest absolute Gasteiger partial charge is 0.222 e. The fraction of sp³-hybridized carbons (Fsp3) is 0.973. The number of hydrogen-bond acceptors (Lipinski definition) is 4. The van der Waals surface area contributed by atoms with E-state index in [9.17, 15) is 20.1 Å². The third kappa shape index (κ3) is 7.25.